The van der Waals surface area contributed by atoms with Crippen LogP contribution in [0.4, 0.5) is 0 Å². The van der Waals surface area contributed by atoms with Gasteiger partial charge < -0.3 is 0 Å². The summed E-state index contributed by atoms with van der Waals surface area (Å²) in [6, 6.07) is 0. The highest BCUT2D eigenvalue weighted by atomic mass is 14.8. The van der Waals surface area contributed by atoms with Crippen molar-refractivity contribution in [3.63, 3.8) is 0 Å². The number of hydrogen-bond donors (Lipinski definition) is 1. The van der Waals surface area contributed by atoms with Gasteiger partial charge in [0.1, 0.15) is 5.84 Å². The van der Waals surface area contributed by atoms with Crippen LogP contribution in [-0.2, 0) is 0 Å². The molecular weight excluding hydrogens is 88.1 g/mol. The molecule has 0 aliphatic rings. The number of aliphatic imine (C=N–C) groups is 1. The van der Waals surface area contributed by atoms with Gasteiger partial charge >= 0.3 is 0 Å². The van der Waals surface area contributed by atoms with E-state index in [9.17, 15) is 0 Å². The van der Waals surface area contributed by atoms with Crippen molar-refractivity contribution in [1.82, 2.24) is 0 Å². The zero-order valence-corrected chi connectivity index (χ0v) is 4.31. The van der Waals surface area contributed by atoms with Gasteiger partial charge in [-0.15, -0.1) is 0 Å². The monoisotopic (exact) mass is 96.1 g/mol. The zero-order valence-electron chi connectivity index (χ0n) is 4.31. The highest BCUT2D eigenvalue weighted by Crippen LogP contribution is 1.67. The molecule has 2 nitrogen and oxygen atoms in total. The maximum Gasteiger partial charge on any atom is 0.117 e. The Morgan fingerprint density at radius 1 is 1.86 bits per heavy atom. The fourth-order valence-corrected chi connectivity index (χ4v) is 0.165. The minimum atomic E-state index is 0.305. The van der Waals surface area contributed by atoms with Crippen molar-refractivity contribution in [3.05, 3.63) is 12.7 Å². The molecule has 7 heavy (non-hydrogen) atoms. The molecule has 0 atom stereocenters. The van der Waals surface area contributed by atoms with E-state index in [2.05, 4.69) is 11.6 Å². The first kappa shape index (κ1) is 6.08. The SMILES string of the molecule is C=C/C=N\C(C)=N. The van der Waals surface area contributed by atoms with Crippen LogP contribution in [0.2, 0.25) is 0 Å². The predicted molar refractivity (Wildman–Crippen MR) is 32.1 cm³/mol. The lowest BCUT2D eigenvalue weighted by Crippen LogP contribution is -1.78. The van der Waals surface area contributed by atoms with Crippen LogP contribution >= 0.6 is 0 Å². The summed E-state index contributed by atoms with van der Waals surface area (Å²) in [6.07, 6.45) is 3.03. The Morgan fingerprint density at radius 3 is 2.57 bits per heavy atom. The maximum atomic E-state index is 6.75. The Bertz CT molecular complexity index is 103. The molecule has 0 saturated heterocycles. The molecule has 0 radical (unpaired) electrons. The number of nitrogens with one attached hydrogen (secondary N) is 1. The van der Waals surface area contributed by atoms with E-state index >= 15 is 0 Å². The third kappa shape index (κ3) is 5.08. The fourth-order valence-electron chi connectivity index (χ4n) is 0.165. The summed E-state index contributed by atoms with van der Waals surface area (Å²) < 4.78 is 0. The summed E-state index contributed by atoms with van der Waals surface area (Å²) in [6.45, 7) is 5.00. The van der Waals surface area contributed by atoms with Crippen molar-refractivity contribution in [2.75, 3.05) is 0 Å². The number of allylic oxidation sites excluding steroid dienone is 1. The Hall–Kier alpha value is -0.920. The topological polar surface area (TPSA) is 36.2 Å². The summed E-state index contributed by atoms with van der Waals surface area (Å²) in [4.78, 5) is 3.58. The third-order valence-corrected chi connectivity index (χ3v) is 0.374. The standard InChI is InChI=1S/C5H8N2/c1-3-4-7-5(2)6/h3-4,6H,1H2,2H3/b6-5?,7-4-. The van der Waals surface area contributed by atoms with Gasteiger partial charge in [0, 0.05) is 6.21 Å². The van der Waals surface area contributed by atoms with Crippen molar-refractivity contribution < 1.29 is 0 Å². The van der Waals surface area contributed by atoms with Crippen LogP contribution in [0, 0.1) is 5.41 Å². The first-order valence-corrected chi connectivity index (χ1v) is 1.97. The lowest BCUT2D eigenvalue weighted by atomic mass is 10.6. The number of amidine groups is 1. The molecule has 0 aromatic carbocycles. The smallest absolute Gasteiger partial charge is 0.117 e. The van der Waals surface area contributed by atoms with Crippen molar-refractivity contribution in [1.29, 1.82) is 5.41 Å². The molecule has 0 rings (SSSR count). The molecule has 0 aromatic heterocycles. The van der Waals surface area contributed by atoms with Crippen LogP contribution in [-0.4, -0.2) is 12.1 Å². The number of hydrogen-bond acceptors (Lipinski definition) is 1. The first-order valence-electron chi connectivity index (χ1n) is 1.97. The number of rotatable bonds is 1. The van der Waals surface area contributed by atoms with Crippen LogP contribution in [0.25, 0.3) is 0 Å². The summed E-state index contributed by atoms with van der Waals surface area (Å²) in [5.41, 5.74) is 0. The van der Waals surface area contributed by atoms with Crippen LogP contribution in [0.15, 0.2) is 17.6 Å². The molecular formula is C5H8N2. The van der Waals surface area contributed by atoms with E-state index in [1.165, 1.54) is 12.3 Å². The van der Waals surface area contributed by atoms with Crippen LogP contribution < -0.4 is 0 Å². The second-order valence-electron chi connectivity index (χ2n) is 1.10. The van der Waals surface area contributed by atoms with Gasteiger partial charge in [0.15, 0.2) is 0 Å². The van der Waals surface area contributed by atoms with Crippen LogP contribution in [0.5, 0.6) is 0 Å². The third-order valence-electron chi connectivity index (χ3n) is 0.374. The predicted octanol–water partition coefficient (Wildman–Crippen LogP) is 1.24. The largest absolute Gasteiger partial charge is 0.287 e. The molecule has 0 fully saturated rings. The van der Waals surface area contributed by atoms with E-state index in [1.54, 1.807) is 6.92 Å². The average molecular weight is 96.1 g/mol. The molecule has 0 spiro atoms. The molecule has 0 amide bonds. The van der Waals surface area contributed by atoms with Gasteiger partial charge in [0.05, 0.1) is 0 Å². The van der Waals surface area contributed by atoms with Crippen molar-refractivity contribution in [3.8, 4) is 0 Å². The van der Waals surface area contributed by atoms with Crippen LogP contribution in [0.3, 0.4) is 0 Å². The molecule has 0 aliphatic heterocycles. The molecule has 0 bridgehead atoms. The highest BCUT2D eigenvalue weighted by Gasteiger charge is 1.68. The van der Waals surface area contributed by atoms with Crippen molar-refractivity contribution in [2.24, 2.45) is 4.99 Å². The first-order chi connectivity index (χ1) is 3.27. The normalized spacial score (nSPS) is 9.29. The van der Waals surface area contributed by atoms with Gasteiger partial charge in [0.25, 0.3) is 0 Å². The van der Waals surface area contributed by atoms with E-state index < -0.39 is 0 Å². The Kier molecular flexibility index (Phi) is 2.85. The zero-order chi connectivity index (χ0) is 5.70. The van der Waals surface area contributed by atoms with E-state index in [4.69, 9.17) is 5.41 Å². The van der Waals surface area contributed by atoms with Crippen LogP contribution in [0.1, 0.15) is 6.92 Å². The summed E-state index contributed by atoms with van der Waals surface area (Å²) in [5, 5.41) is 6.75. The molecule has 0 heterocycles. The Morgan fingerprint density at radius 2 is 2.43 bits per heavy atom. The van der Waals surface area contributed by atoms with Gasteiger partial charge in [0.2, 0.25) is 0 Å². The molecule has 38 valence electrons. The van der Waals surface area contributed by atoms with Gasteiger partial charge in [-0.05, 0) is 6.92 Å². The molecule has 0 saturated carbocycles. The summed E-state index contributed by atoms with van der Waals surface area (Å²) in [7, 11) is 0. The quantitative estimate of drug-likeness (QED) is 0.376. The fraction of sp³-hybridized carbons (Fsp3) is 0.200. The number of nitrogens with zero attached hydrogens (tertiary/aromatic N) is 1. The molecule has 0 aliphatic carbocycles. The Balaban J connectivity index is 3.46. The van der Waals surface area contributed by atoms with Gasteiger partial charge in [-0.3, -0.25) is 5.41 Å². The lowest BCUT2D eigenvalue weighted by Gasteiger charge is -1.75. The summed E-state index contributed by atoms with van der Waals surface area (Å²) in [5.74, 6) is 0.305. The second kappa shape index (κ2) is 3.28. The average Bonchev–Trinajstić information content (AvgIpc) is 1.61. The Labute approximate surface area is 43.1 Å². The van der Waals surface area contributed by atoms with E-state index in [0.717, 1.165) is 0 Å². The van der Waals surface area contributed by atoms with E-state index in [1.807, 2.05) is 0 Å². The molecule has 1 N–H and O–H groups in total. The van der Waals surface area contributed by atoms with Crippen molar-refractivity contribution in [2.45, 2.75) is 6.92 Å². The molecule has 2 heteroatoms. The van der Waals surface area contributed by atoms with E-state index in [-0.39, 0.29) is 0 Å². The van der Waals surface area contributed by atoms with E-state index in [0.29, 0.717) is 5.84 Å². The minimum absolute atomic E-state index is 0.305. The highest BCUT2D eigenvalue weighted by molar-refractivity contribution is 5.88. The molecule has 0 unspecified atom stereocenters. The minimum Gasteiger partial charge on any atom is -0.287 e. The summed E-state index contributed by atoms with van der Waals surface area (Å²) >= 11 is 0. The van der Waals surface area contributed by atoms with Crippen molar-refractivity contribution >= 4 is 12.1 Å². The molecule has 0 aromatic rings. The maximum absolute atomic E-state index is 6.75. The van der Waals surface area contributed by atoms with Gasteiger partial charge in [-0.1, -0.05) is 12.7 Å². The van der Waals surface area contributed by atoms with Gasteiger partial charge in [-0.2, -0.15) is 0 Å². The lowest BCUT2D eigenvalue weighted by molar-refractivity contribution is 1.42. The van der Waals surface area contributed by atoms with Gasteiger partial charge in [-0.25, -0.2) is 4.99 Å². The second-order valence-corrected chi connectivity index (χ2v) is 1.10.